The highest BCUT2D eigenvalue weighted by Crippen LogP contribution is 2.19. The van der Waals surface area contributed by atoms with E-state index in [-0.39, 0.29) is 0 Å². The van der Waals surface area contributed by atoms with Gasteiger partial charge in [0.2, 0.25) is 5.95 Å². The Morgan fingerprint density at radius 3 is 2.53 bits per heavy atom. The quantitative estimate of drug-likeness (QED) is 0.795. The molecule has 1 aliphatic rings. The Hall–Kier alpha value is -1.16. The van der Waals surface area contributed by atoms with Crippen LogP contribution in [0.5, 0.6) is 0 Å². The van der Waals surface area contributed by atoms with Crippen molar-refractivity contribution in [1.82, 2.24) is 14.9 Å². The van der Waals surface area contributed by atoms with Crippen LogP contribution in [0, 0.1) is 0 Å². The second-order valence-corrected chi connectivity index (χ2v) is 4.78. The van der Waals surface area contributed by atoms with E-state index in [1.807, 2.05) is 18.5 Å². The standard InChI is InChI=1S/C13H22N4/c1-3-9-17(13-14-7-4-8-15-13)12-5-10-16(2)11-6-12/h4,7-8,12H,3,5-6,9-11H2,1-2H3. The largest absolute Gasteiger partial charge is 0.338 e. The van der Waals surface area contributed by atoms with Crippen molar-refractivity contribution in [1.29, 1.82) is 0 Å². The van der Waals surface area contributed by atoms with Crippen LogP contribution >= 0.6 is 0 Å². The topological polar surface area (TPSA) is 32.3 Å². The van der Waals surface area contributed by atoms with Gasteiger partial charge in [0.15, 0.2) is 0 Å². The average Bonchev–Trinajstić information content (AvgIpc) is 2.38. The van der Waals surface area contributed by atoms with Crippen LogP contribution in [0.3, 0.4) is 0 Å². The van der Waals surface area contributed by atoms with Gasteiger partial charge in [-0.2, -0.15) is 0 Å². The first-order valence-electron chi connectivity index (χ1n) is 6.53. The van der Waals surface area contributed by atoms with Crippen LogP contribution in [0.25, 0.3) is 0 Å². The molecule has 1 saturated heterocycles. The molecule has 1 aromatic heterocycles. The molecule has 0 spiro atoms. The molecule has 2 heterocycles. The lowest BCUT2D eigenvalue weighted by Gasteiger charge is -2.37. The normalized spacial score (nSPS) is 18.2. The molecule has 1 aromatic rings. The number of aromatic nitrogens is 2. The Morgan fingerprint density at radius 1 is 1.29 bits per heavy atom. The summed E-state index contributed by atoms with van der Waals surface area (Å²) in [6.45, 7) is 5.62. The lowest BCUT2D eigenvalue weighted by molar-refractivity contribution is 0.248. The molecule has 0 N–H and O–H groups in total. The first kappa shape index (κ1) is 12.3. The first-order valence-corrected chi connectivity index (χ1v) is 6.53. The van der Waals surface area contributed by atoms with Crippen LogP contribution in [0.2, 0.25) is 0 Å². The highest BCUT2D eigenvalue weighted by atomic mass is 15.3. The summed E-state index contributed by atoms with van der Waals surface area (Å²) in [5.74, 6) is 0.893. The van der Waals surface area contributed by atoms with E-state index in [0.29, 0.717) is 6.04 Å². The molecule has 0 amide bonds. The lowest BCUT2D eigenvalue weighted by Crippen LogP contribution is -2.44. The van der Waals surface area contributed by atoms with E-state index >= 15 is 0 Å². The SMILES string of the molecule is CCCN(c1ncccn1)C1CCN(C)CC1. The maximum atomic E-state index is 4.39. The van der Waals surface area contributed by atoms with Crippen LogP contribution in [-0.2, 0) is 0 Å². The summed E-state index contributed by atoms with van der Waals surface area (Å²) in [5.41, 5.74) is 0. The fourth-order valence-corrected chi connectivity index (χ4v) is 2.43. The van der Waals surface area contributed by atoms with Crippen LogP contribution in [0.4, 0.5) is 5.95 Å². The van der Waals surface area contributed by atoms with Crippen molar-refractivity contribution in [3.63, 3.8) is 0 Å². The van der Waals surface area contributed by atoms with Gasteiger partial charge in [0, 0.05) is 25.0 Å². The number of piperidine rings is 1. The maximum Gasteiger partial charge on any atom is 0.225 e. The molecule has 1 fully saturated rings. The number of rotatable bonds is 4. The average molecular weight is 234 g/mol. The fourth-order valence-electron chi connectivity index (χ4n) is 2.43. The molecule has 0 bridgehead atoms. The van der Waals surface area contributed by atoms with Crippen LogP contribution < -0.4 is 4.90 Å². The van der Waals surface area contributed by atoms with Crippen molar-refractivity contribution in [3.05, 3.63) is 18.5 Å². The van der Waals surface area contributed by atoms with E-state index in [0.717, 1.165) is 18.9 Å². The first-order chi connectivity index (χ1) is 8.31. The lowest BCUT2D eigenvalue weighted by atomic mass is 10.0. The number of anilines is 1. The smallest absolute Gasteiger partial charge is 0.225 e. The minimum absolute atomic E-state index is 0.605. The maximum absolute atomic E-state index is 4.39. The van der Waals surface area contributed by atoms with Gasteiger partial charge in [-0.1, -0.05) is 6.92 Å². The zero-order valence-electron chi connectivity index (χ0n) is 10.8. The van der Waals surface area contributed by atoms with Gasteiger partial charge in [0.25, 0.3) is 0 Å². The summed E-state index contributed by atoms with van der Waals surface area (Å²) in [6, 6.07) is 2.48. The molecule has 0 unspecified atom stereocenters. The second kappa shape index (κ2) is 5.96. The number of likely N-dealkylation sites (tertiary alicyclic amines) is 1. The van der Waals surface area contributed by atoms with Gasteiger partial charge in [-0.25, -0.2) is 9.97 Å². The van der Waals surface area contributed by atoms with E-state index in [9.17, 15) is 0 Å². The van der Waals surface area contributed by atoms with Gasteiger partial charge in [0.1, 0.15) is 0 Å². The highest BCUT2D eigenvalue weighted by Gasteiger charge is 2.24. The van der Waals surface area contributed by atoms with Crippen molar-refractivity contribution in [2.24, 2.45) is 0 Å². The Bertz CT molecular complexity index is 319. The van der Waals surface area contributed by atoms with Crippen molar-refractivity contribution in [2.45, 2.75) is 32.2 Å². The van der Waals surface area contributed by atoms with Crippen molar-refractivity contribution >= 4 is 5.95 Å². The third kappa shape index (κ3) is 3.16. The second-order valence-electron chi connectivity index (χ2n) is 4.78. The molecule has 0 radical (unpaired) electrons. The molecule has 94 valence electrons. The molecule has 0 saturated carbocycles. The van der Waals surface area contributed by atoms with Gasteiger partial charge in [0.05, 0.1) is 0 Å². The van der Waals surface area contributed by atoms with Crippen LogP contribution in [0.15, 0.2) is 18.5 Å². The Labute approximate surface area is 104 Å². The van der Waals surface area contributed by atoms with E-state index in [4.69, 9.17) is 0 Å². The molecule has 2 rings (SSSR count). The van der Waals surface area contributed by atoms with E-state index < -0.39 is 0 Å². The van der Waals surface area contributed by atoms with Gasteiger partial charge in [-0.3, -0.25) is 0 Å². The molecular formula is C13H22N4. The third-order valence-electron chi connectivity index (χ3n) is 3.40. The highest BCUT2D eigenvalue weighted by molar-refractivity contribution is 5.30. The summed E-state index contributed by atoms with van der Waals surface area (Å²) in [7, 11) is 2.19. The van der Waals surface area contributed by atoms with Crippen LogP contribution in [0.1, 0.15) is 26.2 Å². The summed E-state index contributed by atoms with van der Waals surface area (Å²) < 4.78 is 0. The van der Waals surface area contributed by atoms with Gasteiger partial charge in [-0.05, 0) is 45.5 Å². The van der Waals surface area contributed by atoms with Crippen molar-refractivity contribution in [2.75, 3.05) is 31.6 Å². The summed E-state index contributed by atoms with van der Waals surface area (Å²) in [4.78, 5) is 13.6. The molecule has 17 heavy (non-hydrogen) atoms. The van der Waals surface area contributed by atoms with Crippen molar-refractivity contribution in [3.8, 4) is 0 Å². The number of hydrogen-bond acceptors (Lipinski definition) is 4. The van der Waals surface area contributed by atoms with Crippen LogP contribution in [-0.4, -0.2) is 47.6 Å². The summed E-state index contributed by atoms with van der Waals surface area (Å²) >= 11 is 0. The van der Waals surface area contributed by atoms with Gasteiger partial charge in [-0.15, -0.1) is 0 Å². The molecule has 0 atom stereocenters. The Kier molecular flexibility index (Phi) is 4.31. The van der Waals surface area contributed by atoms with E-state index in [1.165, 1.54) is 25.9 Å². The predicted molar refractivity (Wildman–Crippen MR) is 70.2 cm³/mol. The van der Waals surface area contributed by atoms with Crippen molar-refractivity contribution < 1.29 is 0 Å². The molecule has 4 heteroatoms. The molecule has 4 nitrogen and oxygen atoms in total. The summed E-state index contributed by atoms with van der Waals surface area (Å²) in [5, 5.41) is 0. The fraction of sp³-hybridized carbons (Fsp3) is 0.692. The zero-order chi connectivity index (χ0) is 12.1. The Balaban J connectivity index is 2.07. The van der Waals surface area contributed by atoms with E-state index in [1.54, 1.807) is 0 Å². The molecule has 0 aliphatic carbocycles. The summed E-state index contributed by atoms with van der Waals surface area (Å²) in [6.07, 6.45) is 7.24. The minimum Gasteiger partial charge on any atom is -0.338 e. The molecular weight excluding hydrogens is 212 g/mol. The Morgan fingerprint density at radius 2 is 1.94 bits per heavy atom. The third-order valence-corrected chi connectivity index (χ3v) is 3.40. The molecule has 1 aliphatic heterocycles. The number of nitrogens with zero attached hydrogens (tertiary/aromatic N) is 4. The van der Waals surface area contributed by atoms with Gasteiger partial charge < -0.3 is 9.80 Å². The van der Waals surface area contributed by atoms with E-state index in [2.05, 4.69) is 33.7 Å². The predicted octanol–water partition coefficient (Wildman–Crippen LogP) is 1.79. The monoisotopic (exact) mass is 234 g/mol. The zero-order valence-corrected chi connectivity index (χ0v) is 10.8. The number of hydrogen-bond donors (Lipinski definition) is 0. The minimum atomic E-state index is 0.605. The van der Waals surface area contributed by atoms with Gasteiger partial charge >= 0.3 is 0 Å². The molecule has 0 aromatic carbocycles.